The van der Waals surface area contributed by atoms with E-state index < -0.39 is 83.5 Å². The number of anilines is 2. The number of nitrogens with zero attached hydrogens (tertiary/aromatic N) is 7. The highest BCUT2D eigenvalue weighted by atomic mass is 31.2. The SMILES string of the molecule is CCOC1C2OP(=O)(O)OCC3OC(n4cnc5c(=O)[nH]c(N)nc54)C(OP(=O)(O)OCC2OC1n1cnc2c(N)ncnc21)C3O. The van der Waals surface area contributed by atoms with Gasteiger partial charge in [-0.2, -0.15) is 4.98 Å². The number of hydrogen-bond donors (Lipinski definition) is 6. The molecule has 2 bridgehead atoms. The van der Waals surface area contributed by atoms with Gasteiger partial charge in [0.1, 0.15) is 48.5 Å². The van der Waals surface area contributed by atoms with Crippen molar-refractivity contribution >= 4 is 49.7 Å². The molecule has 7 rings (SSSR count). The van der Waals surface area contributed by atoms with Crippen LogP contribution in [0.15, 0.2) is 23.8 Å². The van der Waals surface area contributed by atoms with Crippen molar-refractivity contribution in [2.24, 2.45) is 0 Å². The van der Waals surface area contributed by atoms with Crippen LogP contribution < -0.4 is 17.0 Å². The molecule has 4 aromatic rings. The van der Waals surface area contributed by atoms with Crippen LogP contribution in [0.5, 0.6) is 0 Å². The number of fused-ring (bicyclic) bond motifs is 5. The number of nitrogens with one attached hydrogen (secondary N) is 1. The average Bonchev–Trinajstić information content (AvgIpc) is 3.76. The van der Waals surface area contributed by atoms with Crippen molar-refractivity contribution in [3.8, 4) is 0 Å². The Hall–Kier alpha value is -3.44. The number of hydrogen-bond acceptors (Lipinski definition) is 18. The Morgan fingerprint density at radius 3 is 2.30 bits per heavy atom. The fourth-order valence-corrected chi connectivity index (χ4v) is 7.54. The van der Waals surface area contributed by atoms with Gasteiger partial charge in [0.15, 0.2) is 35.1 Å². The normalized spacial score (nSPS) is 36.6. The van der Waals surface area contributed by atoms with Crippen LogP contribution in [-0.4, -0.2) is 110 Å². The minimum absolute atomic E-state index is 0.0837. The average molecular weight is 702 g/mol. The molecular weight excluding hydrogens is 674 g/mol. The van der Waals surface area contributed by atoms with Crippen molar-refractivity contribution in [2.45, 2.75) is 56.0 Å². The number of phosphoric ester groups is 2. The molecule has 47 heavy (non-hydrogen) atoms. The van der Waals surface area contributed by atoms with E-state index in [9.17, 15) is 28.8 Å². The third-order valence-corrected chi connectivity index (χ3v) is 9.63. The van der Waals surface area contributed by atoms with E-state index in [-0.39, 0.29) is 40.7 Å². The van der Waals surface area contributed by atoms with E-state index in [1.165, 1.54) is 17.2 Å². The van der Waals surface area contributed by atoms with Crippen molar-refractivity contribution in [1.82, 2.24) is 39.0 Å². The topological polar surface area (TPSA) is 319 Å². The van der Waals surface area contributed by atoms with Crippen molar-refractivity contribution in [3.05, 3.63) is 29.3 Å². The molecule has 10 unspecified atom stereocenters. The van der Waals surface area contributed by atoms with Crippen LogP contribution in [0.4, 0.5) is 11.8 Å². The Balaban J connectivity index is 1.23. The lowest BCUT2D eigenvalue weighted by molar-refractivity contribution is -0.0698. The van der Waals surface area contributed by atoms with E-state index in [1.54, 1.807) is 6.92 Å². The van der Waals surface area contributed by atoms with Crippen LogP contribution in [0.2, 0.25) is 0 Å². The van der Waals surface area contributed by atoms with Gasteiger partial charge in [0.05, 0.1) is 25.9 Å². The maximum absolute atomic E-state index is 13.3. The molecule has 3 saturated heterocycles. The van der Waals surface area contributed by atoms with E-state index in [4.69, 9.17) is 43.8 Å². The Labute approximate surface area is 261 Å². The Morgan fingerprint density at radius 2 is 1.57 bits per heavy atom. The van der Waals surface area contributed by atoms with Crippen LogP contribution >= 0.6 is 15.6 Å². The van der Waals surface area contributed by atoms with E-state index in [2.05, 4.69) is 29.9 Å². The molecule has 10 atom stereocenters. The predicted octanol–water partition coefficient (Wildman–Crippen LogP) is -1.30. The summed E-state index contributed by atoms with van der Waals surface area (Å²) in [6, 6.07) is 0. The molecule has 254 valence electrons. The number of ether oxygens (including phenoxy) is 3. The molecule has 0 aromatic carbocycles. The van der Waals surface area contributed by atoms with Crippen LogP contribution in [0.3, 0.4) is 0 Å². The minimum Gasteiger partial charge on any atom is -0.387 e. The zero-order valence-electron chi connectivity index (χ0n) is 24.1. The molecule has 0 amide bonds. The monoisotopic (exact) mass is 702 g/mol. The van der Waals surface area contributed by atoms with Crippen molar-refractivity contribution in [1.29, 1.82) is 0 Å². The summed E-state index contributed by atoms with van der Waals surface area (Å²) >= 11 is 0. The lowest BCUT2D eigenvalue weighted by atomic mass is 10.1. The number of aliphatic hydroxyl groups excluding tert-OH is 1. The Morgan fingerprint density at radius 1 is 0.936 bits per heavy atom. The fourth-order valence-electron chi connectivity index (χ4n) is 5.65. The molecule has 4 aromatic heterocycles. The molecule has 3 fully saturated rings. The number of aromatic nitrogens is 8. The van der Waals surface area contributed by atoms with E-state index >= 15 is 0 Å². The van der Waals surface area contributed by atoms with Gasteiger partial charge in [0, 0.05) is 6.61 Å². The Kier molecular flexibility index (Phi) is 8.14. The van der Waals surface area contributed by atoms with Crippen molar-refractivity contribution < 1.29 is 56.3 Å². The number of H-pyrrole nitrogens is 1. The summed E-state index contributed by atoms with van der Waals surface area (Å²) in [4.78, 5) is 56.6. The van der Waals surface area contributed by atoms with Gasteiger partial charge in [-0.1, -0.05) is 0 Å². The van der Waals surface area contributed by atoms with E-state index in [0.717, 1.165) is 10.9 Å². The molecular formula is C22H28N10O13P2. The first kappa shape index (κ1) is 32.1. The third kappa shape index (κ3) is 5.83. The highest BCUT2D eigenvalue weighted by molar-refractivity contribution is 7.47. The number of rotatable bonds is 4. The van der Waals surface area contributed by atoms with E-state index in [1.807, 2.05) is 0 Å². The first-order valence-corrected chi connectivity index (χ1v) is 16.9. The van der Waals surface area contributed by atoms with E-state index in [0.29, 0.717) is 0 Å². The molecule has 7 heterocycles. The number of imidazole rings is 2. The highest BCUT2D eigenvalue weighted by Gasteiger charge is 2.54. The second kappa shape index (κ2) is 11.9. The maximum Gasteiger partial charge on any atom is 0.472 e. The van der Waals surface area contributed by atoms with Crippen molar-refractivity contribution in [3.63, 3.8) is 0 Å². The van der Waals surface area contributed by atoms with Gasteiger partial charge < -0.3 is 40.6 Å². The van der Waals surface area contributed by atoms with Crippen LogP contribution in [0, 0.1) is 0 Å². The molecule has 0 spiro atoms. The van der Waals surface area contributed by atoms with Gasteiger partial charge in [-0.15, -0.1) is 0 Å². The van der Waals surface area contributed by atoms with Gasteiger partial charge >= 0.3 is 15.6 Å². The van der Waals surface area contributed by atoms with Gasteiger partial charge in [0.25, 0.3) is 5.56 Å². The van der Waals surface area contributed by atoms with Gasteiger partial charge in [-0.05, 0) is 6.92 Å². The molecule has 8 N–H and O–H groups in total. The summed E-state index contributed by atoms with van der Waals surface area (Å²) in [5, 5.41) is 11.1. The molecule has 3 aliphatic rings. The second-order valence-corrected chi connectivity index (χ2v) is 13.4. The molecule has 0 aliphatic carbocycles. The standard InChI is InChI=1S/C22H28N10O13P2/c1-2-39-15-13-9(43-21(15)31-6-27-10-16(23)25-5-26-17(10)31)4-41-47(37,38)45-14-12(33)8(3-40-46(35,36)44-13)42-20(14)32-7-28-11-18(32)29-22(24)30-19(11)34/h5-9,12-15,20-21,33H,2-4H2,1H3,(H,35,36)(H,37,38)(H2,23,25,26)(H3,24,29,30,34). The first-order valence-electron chi connectivity index (χ1n) is 13.9. The molecule has 0 saturated carbocycles. The smallest absolute Gasteiger partial charge is 0.387 e. The number of phosphoric acid groups is 2. The number of aromatic amines is 1. The highest BCUT2D eigenvalue weighted by Crippen LogP contribution is 2.54. The number of nitrogen functional groups attached to an aromatic ring is 2. The minimum atomic E-state index is -5.09. The number of aliphatic hydroxyl groups is 1. The van der Waals surface area contributed by atoms with Gasteiger partial charge in [-0.3, -0.25) is 37.0 Å². The zero-order valence-corrected chi connectivity index (χ0v) is 25.9. The quantitative estimate of drug-likeness (QED) is 0.135. The molecule has 3 aliphatic heterocycles. The summed E-state index contributed by atoms with van der Waals surface area (Å²) in [5.74, 6) is -0.188. The summed E-state index contributed by atoms with van der Waals surface area (Å²) in [6.45, 7) is 0.225. The Bertz CT molecular complexity index is 1970. The van der Waals surface area contributed by atoms with Crippen LogP contribution in [0.25, 0.3) is 22.3 Å². The predicted molar refractivity (Wildman–Crippen MR) is 153 cm³/mol. The summed E-state index contributed by atoms with van der Waals surface area (Å²) < 4.78 is 68.5. The fraction of sp³-hybridized carbons (Fsp3) is 0.545. The van der Waals surface area contributed by atoms with Crippen LogP contribution in [-0.2, 0) is 41.4 Å². The third-order valence-electron chi connectivity index (χ3n) is 7.66. The van der Waals surface area contributed by atoms with Gasteiger partial charge in [0.2, 0.25) is 5.95 Å². The second-order valence-electron chi connectivity index (χ2n) is 10.6. The van der Waals surface area contributed by atoms with Crippen molar-refractivity contribution in [2.75, 3.05) is 31.3 Å². The first-order chi connectivity index (χ1) is 22.4. The molecule has 25 heteroatoms. The summed E-state index contributed by atoms with van der Waals surface area (Å²) in [7, 11) is -10.1. The van der Waals surface area contributed by atoms with Crippen LogP contribution in [0.1, 0.15) is 19.4 Å². The number of nitrogens with two attached hydrogens (primary N) is 2. The van der Waals surface area contributed by atoms with Gasteiger partial charge in [-0.25, -0.2) is 29.1 Å². The largest absolute Gasteiger partial charge is 0.472 e. The molecule has 0 radical (unpaired) electrons. The molecule has 23 nitrogen and oxygen atoms in total. The zero-order chi connectivity index (χ0) is 33.2. The lowest BCUT2D eigenvalue weighted by Gasteiger charge is -2.27. The maximum atomic E-state index is 13.3. The summed E-state index contributed by atoms with van der Waals surface area (Å²) in [5.41, 5.74) is 11.1. The summed E-state index contributed by atoms with van der Waals surface area (Å²) in [6.07, 6.45) is -7.74. The lowest BCUT2D eigenvalue weighted by Crippen LogP contribution is -2.38.